The fourth-order valence-electron chi connectivity index (χ4n) is 3.23. The summed E-state index contributed by atoms with van der Waals surface area (Å²) >= 11 is 1.59. The maximum atomic E-state index is 12.1. The molecule has 0 fully saturated rings. The summed E-state index contributed by atoms with van der Waals surface area (Å²) in [4.78, 5) is 13.3. The van der Waals surface area contributed by atoms with Gasteiger partial charge in [-0.05, 0) is 54.7 Å². The molecule has 2 aromatic carbocycles. The van der Waals surface area contributed by atoms with Crippen molar-refractivity contribution < 1.29 is 14.3 Å². The largest absolute Gasteiger partial charge is 0.486 e. The molecule has 0 spiro atoms. The highest BCUT2D eigenvalue weighted by Crippen LogP contribution is 2.31. The number of amides is 1. The Morgan fingerprint density at radius 1 is 1.12 bits per heavy atom. The molecule has 0 aromatic heterocycles. The summed E-state index contributed by atoms with van der Waals surface area (Å²) < 4.78 is 11.5. The number of nitrogens with one attached hydrogen (secondary N) is 1. The summed E-state index contributed by atoms with van der Waals surface area (Å²) in [6.07, 6.45) is 3.45. The molecule has 2 aromatic rings. The van der Waals surface area contributed by atoms with E-state index in [-0.39, 0.29) is 12.0 Å². The Bertz CT molecular complexity index is 777. The summed E-state index contributed by atoms with van der Waals surface area (Å²) in [7, 11) is 0. The van der Waals surface area contributed by atoms with E-state index in [4.69, 9.17) is 9.47 Å². The van der Waals surface area contributed by atoms with Gasteiger partial charge in [-0.3, -0.25) is 4.79 Å². The van der Waals surface area contributed by atoms with E-state index in [1.807, 2.05) is 24.3 Å². The summed E-state index contributed by atoms with van der Waals surface area (Å²) in [6.45, 7) is 0.910. The summed E-state index contributed by atoms with van der Waals surface area (Å²) in [5, 5.41) is 2.94. The second-order valence-electron chi connectivity index (χ2n) is 6.37. The first-order chi connectivity index (χ1) is 12.3. The van der Waals surface area contributed by atoms with Crippen molar-refractivity contribution in [2.45, 2.75) is 30.3 Å². The molecule has 0 bridgehead atoms. The molecule has 1 heterocycles. The quantitative estimate of drug-likeness (QED) is 0.837. The normalized spacial score (nSPS) is 17.8. The zero-order chi connectivity index (χ0) is 17.1. The van der Waals surface area contributed by atoms with Gasteiger partial charge in [-0.25, -0.2) is 0 Å². The first-order valence-corrected chi connectivity index (χ1v) is 9.66. The van der Waals surface area contributed by atoms with Crippen molar-refractivity contribution in [3.63, 3.8) is 0 Å². The van der Waals surface area contributed by atoms with E-state index in [0.717, 1.165) is 17.9 Å². The van der Waals surface area contributed by atoms with Crippen LogP contribution in [-0.4, -0.2) is 30.9 Å². The molecule has 4 nitrogen and oxygen atoms in total. The molecule has 0 unspecified atom stereocenters. The van der Waals surface area contributed by atoms with Crippen LogP contribution in [0, 0.1) is 0 Å². The number of hydrogen-bond acceptors (Lipinski definition) is 4. The summed E-state index contributed by atoms with van der Waals surface area (Å²) in [5.74, 6) is 1.94. The highest BCUT2D eigenvalue weighted by molar-refractivity contribution is 8.00. The Morgan fingerprint density at radius 3 is 2.88 bits per heavy atom. The second-order valence-corrected chi connectivity index (χ2v) is 7.42. The van der Waals surface area contributed by atoms with Gasteiger partial charge in [0.2, 0.25) is 5.91 Å². The summed E-state index contributed by atoms with van der Waals surface area (Å²) in [5.41, 5.74) is 2.90. The van der Waals surface area contributed by atoms with Gasteiger partial charge in [0.25, 0.3) is 0 Å². The molecule has 1 N–H and O–H groups in total. The lowest BCUT2D eigenvalue weighted by Gasteiger charge is -2.26. The number of aryl methyl sites for hydroxylation is 2. The lowest BCUT2D eigenvalue weighted by Crippen LogP contribution is -2.41. The number of thioether (sulfide) groups is 1. The Labute approximate surface area is 151 Å². The highest BCUT2D eigenvalue weighted by Gasteiger charge is 2.21. The number of ether oxygens (including phenoxy) is 2. The number of hydrogen-bond donors (Lipinski definition) is 1. The zero-order valence-electron chi connectivity index (χ0n) is 14.0. The predicted octanol–water partition coefficient (Wildman–Crippen LogP) is 3.22. The molecule has 1 amide bonds. The standard InChI is InChI=1S/C20H21NO3S/c22-20(13-25-17-9-8-14-4-3-5-15(14)10-17)21-11-16-12-23-18-6-1-2-7-19(18)24-16/h1-2,6-10,16H,3-5,11-13H2,(H,21,22)/t16-/m0/s1. The fraction of sp³-hybridized carbons (Fsp3) is 0.350. The van der Waals surface area contributed by atoms with Crippen LogP contribution in [0.15, 0.2) is 47.4 Å². The van der Waals surface area contributed by atoms with Crippen LogP contribution in [0.5, 0.6) is 11.5 Å². The maximum Gasteiger partial charge on any atom is 0.230 e. The Hall–Kier alpha value is -2.14. The SMILES string of the molecule is O=C(CSc1ccc2c(c1)CCC2)NC[C@H]1COc2ccccc2O1. The number of carbonyl (C=O) groups excluding carboxylic acids is 1. The molecule has 25 heavy (non-hydrogen) atoms. The van der Waals surface area contributed by atoms with Crippen LogP contribution in [0.3, 0.4) is 0 Å². The van der Waals surface area contributed by atoms with Crippen LogP contribution in [0.2, 0.25) is 0 Å². The van der Waals surface area contributed by atoms with E-state index in [1.54, 1.807) is 11.8 Å². The van der Waals surface area contributed by atoms with Crippen LogP contribution in [0.4, 0.5) is 0 Å². The van der Waals surface area contributed by atoms with Crippen molar-refractivity contribution in [2.24, 2.45) is 0 Å². The van der Waals surface area contributed by atoms with E-state index >= 15 is 0 Å². The second kappa shape index (κ2) is 7.40. The molecular weight excluding hydrogens is 334 g/mol. The van der Waals surface area contributed by atoms with Gasteiger partial charge in [0.05, 0.1) is 12.3 Å². The van der Waals surface area contributed by atoms with Crippen molar-refractivity contribution in [2.75, 3.05) is 18.9 Å². The van der Waals surface area contributed by atoms with Crippen molar-refractivity contribution in [1.82, 2.24) is 5.32 Å². The third-order valence-corrected chi connectivity index (χ3v) is 5.53. The zero-order valence-corrected chi connectivity index (χ0v) is 14.8. The molecule has 0 saturated carbocycles. The van der Waals surface area contributed by atoms with Crippen molar-refractivity contribution >= 4 is 17.7 Å². The summed E-state index contributed by atoms with van der Waals surface area (Å²) in [6, 6.07) is 14.2. The van der Waals surface area contributed by atoms with Gasteiger partial charge < -0.3 is 14.8 Å². The van der Waals surface area contributed by atoms with E-state index in [2.05, 4.69) is 23.5 Å². The van der Waals surface area contributed by atoms with Gasteiger partial charge in [-0.15, -0.1) is 11.8 Å². The topological polar surface area (TPSA) is 47.6 Å². The van der Waals surface area contributed by atoms with Gasteiger partial charge in [-0.2, -0.15) is 0 Å². The number of fused-ring (bicyclic) bond motifs is 2. The van der Waals surface area contributed by atoms with Gasteiger partial charge in [0.15, 0.2) is 11.5 Å². The molecule has 1 aliphatic heterocycles. The third-order valence-electron chi connectivity index (χ3n) is 4.53. The maximum absolute atomic E-state index is 12.1. The lowest BCUT2D eigenvalue weighted by atomic mass is 10.1. The average Bonchev–Trinajstić information content (AvgIpc) is 3.12. The lowest BCUT2D eigenvalue weighted by molar-refractivity contribution is -0.119. The van der Waals surface area contributed by atoms with Crippen LogP contribution < -0.4 is 14.8 Å². The first-order valence-electron chi connectivity index (χ1n) is 8.68. The molecule has 1 aliphatic carbocycles. The Balaban J connectivity index is 1.23. The number of carbonyl (C=O) groups is 1. The van der Waals surface area contributed by atoms with Gasteiger partial charge in [0, 0.05) is 4.90 Å². The Kier molecular flexibility index (Phi) is 4.83. The molecule has 0 radical (unpaired) electrons. The monoisotopic (exact) mass is 355 g/mol. The molecule has 1 atom stereocenters. The molecule has 130 valence electrons. The number of benzene rings is 2. The molecule has 2 aliphatic rings. The van der Waals surface area contributed by atoms with Gasteiger partial charge in [0.1, 0.15) is 12.7 Å². The van der Waals surface area contributed by atoms with Gasteiger partial charge in [-0.1, -0.05) is 18.2 Å². The molecule has 0 saturated heterocycles. The van der Waals surface area contributed by atoms with Crippen LogP contribution >= 0.6 is 11.8 Å². The minimum Gasteiger partial charge on any atom is -0.486 e. The molecule has 4 rings (SSSR count). The minimum atomic E-state index is -0.149. The van der Waals surface area contributed by atoms with Crippen LogP contribution in [-0.2, 0) is 17.6 Å². The van der Waals surface area contributed by atoms with E-state index in [1.165, 1.54) is 28.9 Å². The van der Waals surface area contributed by atoms with Crippen molar-refractivity contribution in [3.05, 3.63) is 53.6 Å². The third kappa shape index (κ3) is 3.93. The van der Waals surface area contributed by atoms with Crippen molar-refractivity contribution in [1.29, 1.82) is 0 Å². The fourth-order valence-corrected chi connectivity index (χ4v) is 4.02. The van der Waals surface area contributed by atoms with E-state index in [9.17, 15) is 4.79 Å². The highest BCUT2D eigenvalue weighted by atomic mass is 32.2. The molecule has 5 heteroatoms. The number of rotatable bonds is 5. The van der Waals surface area contributed by atoms with Crippen LogP contribution in [0.25, 0.3) is 0 Å². The minimum absolute atomic E-state index is 0.0213. The van der Waals surface area contributed by atoms with Gasteiger partial charge >= 0.3 is 0 Å². The molecular formula is C20H21NO3S. The predicted molar refractivity (Wildman–Crippen MR) is 98.6 cm³/mol. The van der Waals surface area contributed by atoms with E-state index < -0.39 is 0 Å². The average molecular weight is 355 g/mol. The number of para-hydroxylation sites is 2. The van der Waals surface area contributed by atoms with E-state index in [0.29, 0.717) is 18.9 Å². The van der Waals surface area contributed by atoms with Crippen molar-refractivity contribution in [3.8, 4) is 11.5 Å². The first kappa shape index (κ1) is 16.3. The van der Waals surface area contributed by atoms with Crippen LogP contribution in [0.1, 0.15) is 17.5 Å². The smallest absolute Gasteiger partial charge is 0.230 e. The Morgan fingerprint density at radius 2 is 1.96 bits per heavy atom.